The number of allylic oxidation sites excluding steroid dienone is 21. The molecule has 1 atom stereocenters. The summed E-state index contributed by atoms with van der Waals surface area (Å²) >= 11 is 0. The maximum Gasteiger partial charge on any atom is 0.309 e. The Hall–Kier alpha value is -3.96. The molecule has 0 aromatic rings. The van der Waals surface area contributed by atoms with E-state index in [9.17, 15) is 14.7 Å². The van der Waals surface area contributed by atoms with Gasteiger partial charge in [-0.15, -0.1) is 0 Å². The first kappa shape index (κ1) is 62.0. The lowest BCUT2D eigenvalue weighted by Crippen LogP contribution is -2.28. The van der Waals surface area contributed by atoms with E-state index >= 15 is 0 Å². The lowest BCUT2D eigenvalue weighted by Gasteiger charge is -2.15. The summed E-state index contributed by atoms with van der Waals surface area (Å²) in [6.45, 7) is 3.82. The second-order valence-corrected chi connectivity index (χ2v) is 17.2. The molecule has 0 radical (unpaired) electrons. The van der Waals surface area contributed by atoms with E-state index < -0.39 is 12.1 Å². The molecule has 1 N–H and O–H groups in total. The summed E-state index contributed by atoms with van der Waals surface area (Å²) < 4.78 is 10.6. The third-order valence-electron chi connectivity index (χ3n) is 11.0. The predicted octanol–water partition coefficient (Wildman–Crippen LogP) is 18.1. The highest BCUT2D eigenvalue weighted by atomic mass is 16.6. The average molecular weight is 911 g/mol. The minimum absolute atomic E-state index is 0.125. The van der Waals surface area contributed by atoms with Gasteiger partial charge in [0.25, 0.3) is 0 Å². The van der Waals surface area contributed by atoms with E-state index in [1.807, 2.05) is 6.08 Å². The molecule has 0 fully saturated rings. The molecule has 0 rings (SSSR count). The number of carbonyl (C=O) groups excluding carboxylic acids is 2. The first-order chi connectivity index (χ1) is 32.6. The number of aliphatic hydroxyl groups is 1. The van der Waals surface area contributed by atoms with Crippen LogP contribution in [-0.4, -0.2) is 36.4 Å². The van der Waals surface area contributed by atoms with Gasteiger partial charge in [-0.25, -0.2) is 0 Å². The first-order valence-corrected chi connectivity index (χ1v) is 26.7. The van der Waals surface area contributed by atoms with Gasteiger partial charge in [-0.2, -0.15) is 0 Å². The molecule has 66 heavy (non-hydrogen) atoms. The van der Waals surface area contributed by atoms with Crippen molar-refractivity contribution in [2.75, 3.05) is 13.2 Å². The predicted molar refractivity (Wildman–Crippen MR) is 288 cm³/mol. The van der Waals surface area contributed by atoms with Crippen molar-refractivity contribution in [3.63, 3.8) is 0 Å². The minimum Gasteiger partial charge on any atom is -0.461 e. The fraction of sp³-hybridized carbons (Fsp3) is 0.607. The SMILES string of the molecule is CC/C=C\C/C=C\C/C=C\C/C=C\C/C=C\C/C=C\CCCCCCCCCCCCCCCCCCCCC(=O)OC(CO)COC(=O)C/C=C\C/C=C\C/C=C\C/C=C\C/C=C\CC. The zero-order valence-corrected chi connectivity index (χ0v) is 42.4. The lowest BCUT2D eigenvalue weighted by molar-refractivity contribution is -0.161. The molecule has 0 bridgehead atoms. The van der Waals surface area contributed by atoms with Gasteiger partial charge >= 0.3 is 11.9 Å². The van der Waals surface area contributed by atoms with E-state index in [1.165, 1.54) is 103 Å². The Morgan fingerprint density at radius 2 is 0.652 bits per heavy atom. The van der Waals surface area contributed by atoms with Gasteiger partial charge in [0.1, 0.15) is 6.61 Å². The normalized spacial score (nSPS) is 13.3. The average Bonchev–Trinajstić information content (AvgIpc) is 3.32. The lowest BCUT2D eigenvalue weighted by atomic mass is 10.0. The van der Waals surface area contributed by atoms with Crippen LogP contribution in [0.5, 0.6) is 0 Å². The summed E-state index contributed by atoms with van der Waals surface area (Å²) in [5, 5.41) is 9.60. The van der Waals surface area contributed by atoms with Gasteiger partial charge in [0.2, 0.25) is 0 Å². The van der Waals surface area contributed by atoms with Gasteiger partial charge in [0.15, 0.2) is 6.10 Å². The number of ether oxygens (including phenoxy) is 2. The fourth-order valence-corrected chi connectivity index (χ4v) is 7.04. The number of carbonyl (C=O) groups is 2. The molecule has 0 saturated carbocycles. The van der Waals surface area contributed by atoms with Crippen LogP contribution in [0, 0.1) is 0 Å². The van der Waals surface area contributed by atoms with Crippen LogP contribution in [0.1, 0.15) is 219 Å². The highest BCUT2D eigenvalue weighted by Gasteiger charge is 2.15. The van der Waals surface area contributed by atoms with Crippen molar-refractivity contribution in [3.05, 3.63) is 134 Å². The van der Waals surface area contributed by atoms with Gasteiger partial charge < -0.3 is 14.6 Å². The number of unbranched alkanes of at least 4 members (excludes halogenated alkanes) is 18. The molecule has 5 nitrogen and oxygen atoms in total. The van der Waals surface area contributed by atoms with Crippen LogP contribution in [0.3, 0.4) is 0 Å². The van der Waals surface area contributed by atoms with Crippen LogP contribution >= 0.6 is 0 Å². The van der Waals surface area contributed by atoms with E-state index in [4.69, 9.17) is 9.47 Å². The van der Waals surface area contributed by atoms with E-state index in [0.29, 0.717) is 6.42 Å². The number of hydrogen-bond acceptors (Lipinski definition) is 5. The van der Waals surface area contributed by atoms with Crippen LogP contribution in [0.25, 0.3) is 0 Å². The Bertz CT molecular complexity index is 1400. The molecule has 0 saturated heterocycles. The summed E-state index contributed by atoms with van der Waals surface area (Å²) in [7, 11) is 0. The summed E-state index contributed by atoms with van der Waals surface area (Å²) in [5.74, 6) is -0.742. The van der Waals surface area contributed by atoms with Crippen molar-refractivity contribution in [1.29, 1.82) is 0 Å². The summed E-state index contributed by atoms with van der Waals surface area (Å²) in [6.07, 6.45) is 83.1. The molecular weight excluding hydrogens is 813 g/mol. The Morgan fingerprint density at radius 3 is 0.985 bits per heavy atom. The van der Waals surface area contributed by atoms with Crippen molar-refractivity contribution in [1.82, 2.24) is 0 Å². The van der Waals surface area contributed by atoms with Gasteiger partial charge in [-0.1, -0.05) is 250 Å². The number of hydrogen-bond donors (Lipinski definition) is 1. The molecule has 0 aliphatic heterocycles. The van der Waals surface area contributed by atoms with Crippen molar-refractivity contribution >= 4 is 11.9 Å². The van der Waals surface area contributed by atoms with Crippen LogP contribution in [0.15, 0.2) is 134 Å². The van der Waals surface area contributed by atoms with Gasteiger partial charge in [0.05, 0.1) is 13.0 Å². The minimum atomic E-state index is -0.819. The zero-order chi connectivity index (χ0) is 47.7. The third kappa shape index (κ3) is 52.7. The fourth-order valence-electron chi connectivity index (χ4n) is 7.04. The van der Waals surface area contributed by atoms with Crippen molar-refractivity contribution in [3.8, 4) is 0 Å². The van der Waals surface area contributed by atoms with Gasteiger partial charge in [0, 0.05) is 6.42 Å². The topological polar surface area (TPSA) is 72.8 Å². The van der Waals surface area contributed by atoms with Crippen LogP contribution < -0.4 is 0 Å². The molecule has 0 aliphatic carbocycles. The smallest absolute Gasteiger partial charge is 0.309 e. The van der Waals surface area contributed by atoms with Crippen molar-refractivity contribution in [2.45, 2.75) is 225 Å². The Labute approximate surface area is 406 Å². The Balaban J connectivity index is 3.54. The number of rotatable bonds is 47. The van der Waals surface area contributed by atoms with Crippen molar-refractivity contribution < 1.29 is 24.2 Å². The van der Waals surface area contributed by atoms with Crippen molar-refractivity contribution in [2.24, 2.45) is 0 Å². The van der Waals surface area contributed by atoms with E-state index in [0.717, 1.165) is 89.9 Å². The summed E-state index contributed by atoms with van der Waals surface area (Å²) in [5.41, 5.74) is 0. The second kappa shape index (κ2) is 55.4. The molecule has 1 unspecified atom stereocenters. The molecule has 0 aliphatic rings. The molecule has 0 aromatic heterocycles. The quantitative estimate of drug-likeness (QED) is 0.0374. The van der Waals surface area contributed by atoms with Gasteiger partial charge in [-0.05, 0) is 89.9 Å². The number of aliphatic hydroxyl groups excluding tert-OH is 1. The van der Waals surface area contributed by atoms with E-state index in [1.54, 1.807) is 6.08 Å². The highest BCUT2D eigenvalue weighted by Crippen LogP contribution is 2.15. The molecule has 0 spiro atoms. The molecule has 0 aromatic carbocycles. The largest absolute Gasteiger partial charge is 0.461 e. The summed E-state index contributed by atoms with van der Waals surface area (Å²) in [6, 6.07) is 0. The highest BCUT2D eigenvalue weighted by molar-refractivity contribution is 5.71. The van der Waals surface area contributed by atoms with Crippen LogP contribution in [0.2, 0.25) is 0 Å². The summed E-state index contributed by atoms with van der Waals surface area (Å²) in [4.78, 5) is 24.3. The van der Waals surface area contributed by atoms with E-state index in [2.05, 4.69) is 135 Å². The standard InChI is InChI=1S/C61H98O5/c1-3-5-7-9-11-13-15-17-19-20-21-22-23-24-25-26-27-28-29-30-31-32-33-34-35-36-37-38-39-40-42-44-46-48-50-52-54-56-61(64)66-59(57-62)58-65-60(63)55-53-51-49-47-45-43-41-18-16-14-12-10-8-6-4-2/h5-8,11-14,17-19,21-22,24-25,27-28,41,45,47,51,53,59,62H,3-4,9-10,15-16,20,23,26,29-40,42-44,46,48-50,52,54-58H2,1-2H3/b7-5-,8-6-,13-11-,14-12-,19-17-,22-21-,25-24-,28-27-,41-18-,47-45-,53-51-. The number of esters is 2. The zero-order valence-electron chi connectivity index (χ0n) is 42.4. The maximum atomic E-state index is 12.3. The second-order valence-electron chi connectivity index (χ2n) is 17.2. The first-order valence-electron chi connectivity index (χ1n) is 26.7. The molecule has 5 heteroatoms. The van der Waals surface area contributed by atoms with E-state index in [-0.39, 0.29) is 25.6 Å². The monoisotopic (exact) mass is 911 g/mol. The third-order valence-corrected chi connectivity index (χ3v) is 11.0. The Morgan fingerprint density at radius 1 is 0.364 bits per heavy atom. The van der Waals surface area contributed by atoms with Gasteiger partial charge in [-0.3, -0.25) is 9.59 Å². The molecular formula is C61H98O5. The molecule has 0 amide bonds. The Kier molecular flexibility index (Phi) is 52.0. The molecule has 0 heterocycles. The van der Waals surface area contributed by atoms with Crippen LogP contribution in [-0.2, 0) is 19.1 Å². The maximum absolute atomic E-state index is 12.3. The van der Waals surface area contributed by atoms with Crippen LogP contribution in [0.4, 0.5) is 0 Å². The molecule has 372 valence electrons.